The fourth-order valence-electron chi connectivity index (χ4n) is 6.09. The third-order valence-electron chi connectivity index (χ3n) is 8.97. The van der Waals surface area contributed by atoms with Crippen LogP contribution in [0.2, 0.25) is 0 Å². The van der Waals surface area contributed by atoms with Crippen molar-refractivity contribution in [3.8, 4) is 17.3 Å². The van der Waals surface area contributed by atoms with Gasteiger partial charge in [0.2, 0.25) is 21.5 Å². The van der Waals surface area contributed by atoms with Gasteiger partial charge in [-0.25, -0.2) is 13.4 Å². The van der Waals surface area contributed by atoms with Crippen molar-refractivity contribution in [2.75, 3.05) is 6.54 Å². The molecule has 2 aromatic heterocycles. The molecule has 1 saturated heterocycles. The largest absolute Gasteiger partial charge is 0.470 e. The average Bonchev–Trinajstić information content (AvgIpc) is 3.92. The molecule has 10 nitrogen and oxygen atoms in total. The van der Waals surface area contributed by atoms with E-state index in [0.29, 0.717) is 41.3 Å². The van der Waals surface area contributed by atoms with E-state index in [1.54, 1.807) is 30.3 Å². The van der Waals surface area contributed by atoms with Gasteiger partial charge in [-0.1, -0.05) is 30.3 Å². The summed E-state index contributed by atoms with van der Waals surface area (Å²) in [5.74, 6) is -1.03. The highest BCUT2D eigenvalue weighted by Gasteiger charge is 2.61. The van der Waals surface area contributed by atoms with Crippen molar-refractivity contribution in [2.45, 2.75) is 55.7 Å². The number of ketones is 1. The fourth-order valence-corrected chi connectivity index (χ4v) is 7.48. The third-order valence-corrected chi connectivity index (χ3v) is 10.8. The minimum absolute atomic E-state index is 0.0750. The molecule has 0 bridgehead atoms. The van der Waals surface area contributed by atoms with E-state index in [1.807, 2.05) is 0 Å². The summed E-state index contributed by atoms with van der Waals surface area (Å²) in [4.78, 5) is 35.7. The molecule has 2 aromatic carbocycles. The predicted molar refractivity (Wildman–Crippen MR) is 161 cm³/mol. The molecule has 1 aliphatic heterocycles. The molecule has 0 radical (unpaired) electrons. The number of fused-ring (bicyclic) bond motifs is 3. The topological polar surface area (TPSA) is 140 Å². The van der Waals surface area contributed by atoms with Gasteiger partial charge in [-0.15, -0.1) is 6.58 Å². The highest BCUT2D eigenvalue weighted by Crippen LogP contribution is 2.57. The number of sulfonamides is 1. The summed E-state index contributed by atoms with van der Waals surface area (Å²) in [6, 6.07) is 11.0. The predicted octanol–water partition coefficient (Wildman–Crippen LogP) is 4.93. The number of furan rings is 1. The van der Waals surface area contributed by atoms with E-state index >= 15 is 0 Å². The van der Waals surface area contributed by atoms with Crippen molar-refractivity contribution in [3.05, 3.63) is 66.7 Å². The van der Waals surface area contributed by atoms with E-state index in [4.69, 9.17) is 9.15 Å². The number of aromatic nitrogens is 2. The Morgan fingerprint density at radius 3 is 2.54 bits per heavy atom. The molecule has 2 N–H and O–H groups in total. The molecule has 0 spiro atoms. The first-order valence-electron chi connectivity index (χ1n) is 14.9. The number of nitrogens with zero attached hydrogens (tertiary/aromatic N) is 2. The normalized spacial score (nSPS) is 24.6. The molecule has 3 heterocycles. The zero-order chi connectivity index (χ0) is 32.4. The van der Waals surface area contributed by atoms with Gasteiger partial charge >= 0.3 is 6.18 Å². The summed E-state index contributed by atoms with van der Waals surface area (Å²) in [7, 11) is -3.77. The van der Waals surface area contributed by atoms with Crippen LogP contribution in [0.25, 0.3) is 33.5 Å². The van der Waals surface area contributed by atoms with Crippen LogP contribution in [0.3, 0.4) is 0 Å². The number of hydrogen-bond donors (Lipinski definition) is 2. The number of allylic oxidation sites excluding steroid dienone is 1. The fraction of sp³-hybridized carbons (Fsp3) is 0.375. The molecule has 3 aliphatic rings. The molecule has 0 unspecified atom stereocenters. The van der Waals surface area contributed by atoms with Crippen LogP contribution < -0.4 is 14.8 Å². The van der Waals surface area contributed by atoms with E-state index in [1.165, 1.54) is 12.1 Å². The summed E-state index contributed by atoms with van der Waals surface area (Å²) in [6.45, 7) is 4.01. The third kappa shape index (κ3) is 5.53. The number of amides is 1. The number of ether oxygens (including phenoxy) is 1. The van der Waals surface area contributed by atoms with E-state index in [0.717, 1.165) is 12.1 Å². The van der Waals surface area contributed by atoms with E-state index in [2.05, 4.69) is 26.6 Å². The number of benzene rings is 2. The number of halogens is 3. The summed E-state index contributed by atoms with van der Waals surface area (Å²) >= 11 is 0. The van der Waals surface area contributed by atoms with Gasteiger partial charge < -0.3 is 14.5 Å². The Hall–Kier alpha value is -4.30. The highest BCUT2D eigenvalue weighted by atomic mass is 32.2. The summed E-state index contributed by atoms with van der Waals surface area (Å²) in [6.07, 6.45) is -2.04. The minimum Gasteiger partial charge on any atom is -0.470 e. The quantitative estimate of drug-likeness (QED) is 0.228. The number of hydrogen-bond acceptors (Lipinski definition) is 9. The second kappa shape index (κ2) is 10.9. The molecular formula is C32H29F3N4O6S. The first kappa shape index (κ1) is 30.4. The molecule has 46 heavy (non-hydrogen) atoms. The van der Waals surface area contributed by atoms with Crippen molar-refractivity contribution in [1.29, 1.82) is 0 Å². The number of rotatable bonds is 10. The molecular weight excluding hydrogens is 625 g/mol. The van der Waals surface area contributed by atoms with Crippen LogP contribution in [0.15, 0.2) is 65.6 Å². The Kier molecular flexibility index (Phi) is 7.20. The van der Waals surface area contributed by atoms with Crippen molar-refractivity contribution in [2.24, 2.45) is 11.3 Å². The Bertz CT molecular complexity index is 1990. The maximum absolute atomic E-state index is 13.4. The summed E-state index contributed by atoms with van der Waals surface area (Å²) in [5.41, 5.74) is -0.420. The highest BCUT2D eigenvalue weighted by molar-refractivity contribution is 7.90. The van der Waals surface area contributed by atoms with Gasteiger partial charge in [-0.2, -0.15) is 18.2 Å². The van der Waals surface area contributed by atoms with Gasteiger partial charge in [0, 0.05) is 30.3 Å². The van der Waals surface area contributed by atoms with Crippen molar-refractivity contribution < 1.29 is 40.3 Å². The lowest BCUT2D eigenvalue weighted by Crippen LogP contribution is -2.42. The molecule has 240 valence electrons. The maximum atomic E-state index is 13.4. The smallest absolute Gasteiger partial charge is 0.416 e. The van der Waals surface area contributed by atoms with Crippen LogP contribution in [0.1, 0.15) is 37.7 Å². The first-order valence-corrected chi connectivity index (χ1v) is 16.4. The lowest BCUT2D eigenvalue weighted by Gasteiger charge is -2.18. The molecule has 4 aromatic rings. The van der Waals surface area contributed by atoms with Gasteiger partial charge in [-0.3, -0.25) is 14.3 Å². The number of alkyl halides is 3. The number of carbonyl (C=O) groups is 2. The molecule has 4 atom stereocenters. The van der Waals surface area contributed by atoms with Gasteiger partial charge in [0.05, 0.1) is 22.3 Å². The minimum atomic E-state index is -4.49. The second-order valence-electron chi connectivity index (χ2n) is 12.2. The van der Waals surface area contributed by atoms with Crippen LogP contribution >= 0.6 is 0 Å². The molecule has 1 amide bonds. The van der Waals surface area contributed by atoms with Crippen molar-refractivity contribution in [1.82, 2.24) is 20.0 Å². The summed E-state index contributed by atoms with van der Waals surface area (Å²) in [5, 5.41) is 3.24. The van der Waals surface area contributed by atoms with Crippen LogP contribution in [0, 0.1) is 11.3 Å². The number of nitrogens with one attached hydrogen (secondary N) is 2. The number of Topliss-reactive ketones (excluding diaryl/α,β-unsaturated/α-hetero) is 1. The SMILES string of the molecule is C=C[C@@H]1C[C@]1(CC(=O)[C@@H]1C[C@@H](Oc2nc(-c3ccc(C(F)(F)F)cc3)nc3c2oc2ccccc23)CN1)C(=O)NS(=O)(=O)C1CC1. The van der Waals surface area contributed by atoms with E-state index in [9.17, 15) is 31.2 Å². The molecule has 3 fully saturated rings. The molecule has 2 aliphatic carbocycles. The van der Waals surface area contributed by atoms with Gasteiger partial charge in [0.25, 0.3) is 5.88 Å². The van der Waals surface area contributed by atoms with Gasteiger partial charge in [-0.05, 0) is 49.4 Å². The number of para-hydroxylation sites is 1. The lowest BCUT2D eigenvalue weighted by atomic mass is 9.92. The maximum Gasteiger partial charge on any atom is 0.416 e. The summed E-state index contributed by atoms with van der Waals surface area (Å²) < 4.78 is 78.8. The second-order valence-corrected chi connectivity index (χ2v) is 14.1. The van der Waals surface area contributed by atoms with Crippen LogP contribution in [-0.2, 0) is 25.8 Å². The zero-order valence-electron chi connectivity index (χ0n) is 24.3. The number of carbonyl (C=O) groups excluding carboxylic acids is 2. The Morgan fingerprint density at radius 2 is 1.87 bits per heavy atom. The standard InChI is InChI=1S/C32H29F3N4O6S/c1-2-18-14-31(18,30(41)39-46(42,43)21-11-12-21)15-24(40)23-13-20(16-36-23)44-29-27-26(22-5-3-4-6-25(22)45-27)37-28(38-29)17-7-9-19(10-8-17)32(33,34)35/h2-10,18,20-21,23,36H,1,11-16H2,(H,39,41)/t18-,20-,23+,31-/m1/s1. The Morgan fingerprint density at radius 1 is 1.13 bits per heavy atom. The van der Waals surface area contributed by atoms with Gasteiger partial charge in [0.15, 0.2) is 11.6 Å². The van der Waals surface area contributed by atoms with Crippen molar-refractivity contribution in [3.63, 3.8) is 0 Å². The zero-order valence-corrected chi connectivity index (χ0v) is 25.2. The first-order chi connectivity index (χ1) is 21.9. The molecule has 14 heteroatoms. The van der Waals surface area contributed by atoms with Gasteiger partial charge in [0.1, 0.15) is 17.2 Å². The molecule has 2 saturated carbocycles. The Labute approximate surface area is 261 Å². The van der Waals surface area contributed by atoms with Crippen molar-refractivity contribution >= 4 is 43.8 Å². The van der Waals surface area contributed by atoms with E-state index in [-0.39, 0.29) is 48.4 Å². The Balaban J connectivity index is 1.11. The van der Waals surface area contributed by atoms with Crippen LogP contribution in [0.5, 0.6) is 5.88 Å². The van der Waals surface area contributed by atoms with Crippen LogP contribution in [-0.4, -0.2) is 54.0 Å². The average molecular weight is 655 g/mol. The monoisotopic (exact) mass is 654 g/mol. The van der Waals surface area contributed by atoms with Crippen LogP contribution in [0.4, 0.5) is 13.2 Å². The lowest BCUT2D eigenvalue weighted by molar-refractivity contribution is -0.137. The van der Waals surface area contributed by atoms with E-state index < -0.39 is 50.5 Å². The molecule has 7 rings (SSSR count).